The fourth-order valence-corrected chi connectivity index (χ4v) is 9.28. The van der Waals surface area contributed by atoms with Crippen molar-refractivity contribution in [3.05, 3.63) is 33.4 Å². The Balaban J connectivity index is 2.14. The number of urea groups is 1. The SMILES string of the molecule is O=C(O)CCC(NC(=O)NC(CCC(=O)NC(CCCCNC(=O)CCC(NC(=O)CN1CCN(CC(=O)O)CCN(CC(=O)O)CCN(CC(=O)O)CC1)C(=O)NC(CCCCNC(=O)CCCc1ccc(I)cc1)C(=O)O)C(=O)O)C(=O)O)C(=O)O. The number of benzene rings is 1. The van der Waals surface area contributed by atoms with Crippen LogP contribution in [0.15, 0.2) is 24.3 Å². The molecule has 1 aromatic carbocycles. The van der Waals surface area contributed by atoms with Crippen LogP contribution in [-0.2, 0) is 68.7 Å². The highest BCUT2D eigenvalue weighted by Gasteiger charge is 2.30. The van der Waals surface area contributed by atoms with E-state index in [1.807, 2.05) is 34.9 Å². The molecule has 7 amide bonds. The highest BCUT2D eigenvalue weighted by Crippen LogP contribution is 2.12. The number of carbonyl (C=O) groups is 14. The Morgan fingerprint density at radius 2 is 0.739 bits per heavy atom. The average Bonchev–Trinajstić information content (AvgIpc) is 3.51. The van der Waals surface area contributed by atoms with Crippen LogP contribution in [0.2, 0.25) is 0 Å². The first-order chi connectivity index (χ1) is 41.6. The molecule has 0 aromatic heterocycles. The highest BCUT2D eigenvalue weighted by molar-refractivity contribution is 14.1. The molecule has 0 radical (unpaired) electrons. The summed E-state index contributed by atoms with van der Waals surface area (Å²) in [6.45, 7) is -0.857. The van der Waals surface area contributed by atoms with E-state index in [-0.39, 0.29) is 123 Å². The average molecular weight is 1360 g/mol. The predicted molar refractivity (Wildman–Crippen MR) is 315 cm³/mol. The fourth-order valence-electron chi connectivity index (χ4n) is 8.93. The number of nitrogens with one attached hydrogen (secondary N) is 7. The van der Waals surface area contributed by atoms with Crippen molar-refractivity contribution < 1.29 is 108 Å². The Morgan fingerprint density at radius 3 is 1.16 bits per heavy atom. The van der Waals surface area contributed by atoms with E-state index in [1.54, 1.807) is 9.80 Å². The van der Waals surface area contributed by atoms with Crippen molar-refractivity contribution >= 4 is 106 Å². The van der Waals surface area contributed by atoms with Gasteiger partial charge in [-0.1, -0.05) is 12.1 Å². The molecule has 88 heavy (non-hydrogen) atoms. The van der Waals surface area contributed by atoms with Crippen molar-refractivity contribution in [1.82, 2.24) is 56.8 Å². The van der Waals surface area contributed by atoms with Crippen LogP contribution in [-0.4, -0.2) is 266 Å². The normalized spacial score (nSPS) is 15.4. The summed E-state index contributed by atoms with van der Waals surface area (Å²) in [5.74, 6) is -14.4. The number of carbonyl (C=O) groups excluding carboxylic acids is 6. The first-order valence-electron chi connectivity index (χ1n) is 28.5. The van der Waals surface area contributed by atoms with Crippen LogP contribution in [0.5, 0.6) is 0 Å². The zero-order chi connectivity index (χ0) is 65.7. The minimum Gasteiger partial charge on any atom is -0.481 e. The van der Waals surface area contributed by atoms with Gasteiger partial charge in [-0.25, -0.2) is 24.0 Å². The number of nitrogens with zero attached hydrogens (tertiary/aromatic N) is 4. The molecule has 492 valence electrons. The lowest BCUT2D eigenvalue weighted by Gasteiger charge is -2.33. The minimum atomic E-state index is -1.75. The molecule has 1 aliphatic rings. The van der Waals surface area contributed by atoms with Crippen LogP contribution in [0.25, 0.3) is 0 Å². The number of unbranched alkanes of at least 4 members (excludes halogenated alkanes) is 2. The van der Waals surface area contributed by atoms with E-state index in [1.165, 1.54) is 9.80 Å². The maximum atomic E-state index is 14.0. The maximum Gasteiger partial charge on any atom is 0.326 e. The van der Waals surface area contributed by atoms with Crippen LogP contribution in [0.4, 0.5) is 4.79 Å². The maximum absolute atomic E-state index is 14.0. The molecule has 15 N–H and O–H groups in total. The number of hydrogen-bond donors (Lipinski definition) is 15. The van der Waals surface area contributed by atoms with Crippen molar-refractivity contribution in [2.75, 3.05) is 91.6 Å². The Morgan fingerprint density at radius 1 is 0.375 bits per heavy atom. The molecular formula is C54H82IN11O22. The molecule has 1 fully saturated rings. The van der Waals surface area contributed by atoms with Gasteiger partial charge in [0.2, 0.25) is 29.5 Å². The minimum absolute atomic E-state index is 0.0420. The smallest absolute Gasteiger partial charge is 0.326 e. The molecule has 0 bridgehead atoms. The lowest BCUT2D eigenvalue weighted by molar-refractivity contribution is -0.143. The molecule has 2 rings (SSSR count). The molecule has 1 aromatic rings. The number of hydrogen-bond acceptors (Lipinski definition) is 18. The Hall–Kier alpha value is -7.83. The summed E-state index contributed by atoms with van der Waals surface area (Å²) in [7, 11) is 0. The van der Waals surface area contributed by atoms with E-state index in [2.05, 4.69) is 49.2 Å². The summed E-state index contributed by atoms with van der Waals surface area (Å²) < 4.78 is 1.09. The largest absolute Gasteiger partial charge is 0.481 e. The summed E-state index contributed by atoms with van der Waals surface area (Å²) >= 11 is 2.20. The number of halogens is 1. The lowest BCUT2D eigenvalue weighted by Crippen LogP contribution is -2.54. The highest BCUT2D eigenvalue weighted by atomic mass is 127. The summed E-state index contributed by atoms with van der Waals surface area (Å²) in [5, 5.41) is 92.9. The van der Waals surface area contributed by atoms with Gasteiger partial charge in [0.25, 0.3) is 0 Å². The van der Waals surface area contributed by atoms with Gasteiger partial charge in [0.05, 0.1) is 26.2 Å². The van der Waals surface area contributed by atoms with E-state index in [0.717, 1.165) is 9.13 Å². The molecule has 5 unspecified atom stereocenters. The summed E-state index contributed by atoms with van der Waals surface area (Å²) in [5.41, 5.74) is 1.09. The molecule has 1 saturated heterocycles. The molecule has 1 heterocycles. The van der Waals surface area contributed by atoms with Crippen molar-refractivity contribution in [3.63, 3.8) is 0 Å². The van der Waals surface area contributed by atoms with E-state index >= 15 is 0 Å². The van der Waals surface area contributed by atoms with E-state index in [4.69, 9.17) is 5.11 Å². The molecule has 5 atom stereocenters. The standard InChI is InChI=1S/C54H82IN11O22/c55-35-12-10-34(11-13-35)6-5-9-41(67)56-20-4-2-8-38(51(82)83)60-49(79)36(58-44(70)30-63-22-24-64(31-46(73)74)26-28-66(33-48(77)78)29-27-65(25-23-63)32-47(75)76)14-17-42(68)57-21-3-1-7-37(50(80)81)59-43(69)18-15-39(52(84)85)61-54(88)62-40(53(86)87)16-19-45(71)72/h10-13,36-40H,1-9,14-33H2,(H,56,67)(H,57,68)(H,58,70)(H,59,69)(H,60,79)(H,71,72)(H,73,74)(H,75,76)(H,77,78)(H,80,81)(H,82,83)(H,84,85)(H,86,87)(H2,61,62,88). The van der Waals surface area contributed by atoms with Crippen molar-refractivity contribution in [2.24, 2.45) is 0 Å². The zero-order valence-electron chi connectivity index (χ0n) is 48.7. The van der Waals surface area contributed by atoms with E-state index in [9.17, 15) is 103 Å². The molecular weight excluding hydrogens is 1280 g/mol. The second kappa shape index (κ2) is 42.1. The first-order valence-corrected chi connectivity index (χ1v) is 29.6. The second-order valence-electron chi connectivity index (χ2n) is 20.8. The van der Waals surface area contributed by atoms with Gasteiger partial charge in [-0.15, -0.1) is 0 Å². The van der Waals surface area contributed by atoms with E-state index in [0.29, 0.717) is 19.3 Å². The number of aryl methyl sites for hydroxylation is 1. The van der Waals surface area contributed by atoms with Gasteiger partial charge < -0.3 is 78.1 Å². The van der Waals surface area contributed by atoms with Gasteiger partial charge in [-0.2, -0.15) is 0 Å². The molecule has 34 heteroatoms. The first kappa shape index (κ1) is 76.3. The van der Waals surface area contributed by atoms with Crippen molar-refractivity contribution in [3.8, 4) is 0 Å². The van der Waals surface area contributed by atoms with Crippen molar-refractivity contribution in [1.29, 1.82) is 0 Å². The third-order valence-electron chi connectivity index (χ3n) is 13.7. The van der Waals surface area contributed by atoms with E-state index < -0.39 is 159 Å². The zero-order valence-corrected chi connectivity index (χ0v) is 50.8. The Labute approximate surface area is 520 Å². The Kier molecular flexibility index (Phi) is 36.5. The lowest BCUT2D eigenvalue weighted by atomic mass is 10.1. The van der Waals surface area contributed by atoms with Gasteiger partial charge in [0.1, 0.15) is 30.2 Å². The quantitative estimate of drug-likeness (QED) is 0.0247. The fraction of sp³-hybridized carbons (Fsp3) is 0.630. The number of rotatable bonds is 41. The van der Waals surface area contributed by atoms with Gasteiger partial charge >= 0.3 is 53.8 Å². The van der Waals surface area contributed by atoms with Gasteiger partial charge in [0.15, 0.2) is 0 Å². The van der Waals surface area contributed by atoms with Crippen molar-refractivity contribution in [2.45, 2.75) is 127 Å². The van der Waals surface area contributed by atoms with Crippen LogP contribution >= 0.6 is 22.6 Å². The van der Waals surface area contributed by atoms with Gasteiger partial charge in [0, 0.05) is 94.7 Å². The molecule has 0 aliphatic carbocycles. The second-order valence-corrected chi connectivity index (χ2v) is 22.1. The molecule has 1 aliphatic heterocycles. The summed E-state index contributed by atoms with van der Waals surface area (Å²) in [6, 6.07) is -1.25. The van der Waals surface area contributed by atoms with Gasteiger partial charge in [-0.3, -0.25) is 62.8 Å². The van der Waals surface area contributed by atoms with Gasteiger partial charge in [-0.05, 0) is 111 Å². The summed E-state index contributed by atoms with van der Waals surface area (Å²) in [4.78, 5) is 179. The third-order valence-corrected chi connectivity index (χ3v) is 14.4. The van der Waals surface area contributed by atoms with Crippen LogP contribution in [0, 0.1) is 3.57 Å². The number of aliphatic carboxylic acids is 8. The third kappa shape index (κ3) is 35.1. The molecule has 0 spiro atoms. The number of carboxylic acid groups (broad SMARTS) is 8. The predicted octanol–water partition coefficient (Wildman–Crippen LogP) is -2.08. The number of amides is 7. The van der Waals surface area contributed by atoms with Crippen LogP contribution < -0.4 is 37.2 Å². The Bertz CT molecular complexity index is 2500. The summed E-state index contributed by atoms with van der Waals surface area (Å²) in [6.07, 6.45) is -0.907. The number of carboxylic acids is 8. The monoisotopic (exact) mass is 1360 g/mol. The topological polar surface area (TPSA) is 498 Å². The molecule has 0 saturated carbocycles. The van der Waals surface area contributed by atoms with Crippen LogP contribution in [0.3, 0.4) is 0 Å². The molecule has 33 nitrogen and oxygen atoms in total. The van der Waals surface area contributed by atoms with Crippen LogP contribution in [0.1, 0.15) is 95.5 Å².